The lowest BCUT2D eigenvalue weighted by Gasteiger charge is -2.46. The molecule has 0 aromatic rings. The van der Waals surface area contributed by atoms with E-state index in [9.17, 15) is 45.3 Å². The highest BCUT2D eigenvalue weighted by atomic mass is 16.8. The normalized spacial score (nSPS) is 26.3. The largest absolute Gasteiger partial charge is 0.455 e. The summed E-state index contributed by atoms with van der Waals surface area (Å²) in [5.74, 6) is -2.54. The number of hydrogen-bond donors (Lipinski definition) is 7. The molecular weight excluding hydrogens is 921 g/mol. The smallest absolute Gasteiger partial charge is 0.311 e. The maximum absolute atomic E-state index is 13.9. The summed E-state index contributed by atoms with van der Waals surface area (Å²) < 4.78 is 29.0. The molecule has 72 heavy (non-hydrogen) atoms. The number of carbonyl (C=O) groups is 2. The molecule has 0 spiro atoms. The number of esters is 2. The molecule has 0 aromatic heterocycles. The van der Waals surface area contributed by atoms with E-state index in [2.05, 4.69) is 20.8 Å². The van der Waals surface area contributed by atoms with Gasteiger partial charge in [0.1, 0.15) is 36.6 Å². The van der Waals surface area contributed by atoms with Crippen LogP contribution in [0, 0.1) is 17.8 Å². The number of carbonyl (C=O) groups excluding carboxylic acids is 2. The molecule has 426 valence electrons. The first-order chi connectivity index (χ1) is 34.8. The van der Waals surface area contributed by atoms with Crippen LogP contribution in [-0.2, 0) is 33.3 Å². The first kappa shape index (κ1) is 66.7. The zero-order valence-electron chi connectivity index (χ0n) is 46.2. The molecule has 0 amide bonds. The van der Waals surface area contributed by atoms with Crippen LogP contribution in [0.3, 0.4) is 0 Å². The standard InChI is InChI=1S/C58H110O14/c1-6-8-10-12-14-16-18-20-22-24-26-28-30-32-34-36-38-43(3)40-44(4)49(62)45(5)56(67)71-54-51(64)47(42-60)69-58(72-57-53(66)52(65)50(63)46(41-59)68-57)55(54)70-48(61)39-37-35-33-31-29-27-25-23-21-19-17-15-13-11-9-7-2/h43-47,49-55,57-60,62-66H,6-42H2,1-5H3/t43-,44-,45-,46?,47?,49-,50+,51+,52?,53-,54?,55+,57+,58+/m0/s1. The van der Waals surface area contributed by atoms with Gasteiger partial charge in [0.05, 0.1) is 25.2 Å². The Morgan fingerprint density at radius 1 is 0.472 bits per heavy atom. The molecule has 4 unspecified atom stereocenters. The Morgan fingerprint density at radius 3 is 1.29 bits per heavy atom. The molecule has 14 atom stereocenters. The van der Waals surface area contributed by atoms with Gasteiger partial charge in [-0.2, -0.15) is 0 Å². The molecule has 2 heterocycles. The highest BCUT2D eigenvalue weighted by Gasteiger charge is 2.53. The predicted octanol–water partition coefficient (Wildman–Crippen LogP) is 10.7. The molecule has 0 saturated carbocycles. The number of aliphatic hydroxyl groups is 7. The van der Waals surface area contributed by atoms with Crippen LogP contribution in [0.1, 0.15) is 259 Å². The van der Waals surface area contributed by atoms with E-state index >= 15 is 0 Å². The maximum Gasteiger partial charge on any atom is 0.311 e. The number of rotatable bonds is 45. The minimum Gasteiger partial charge on any atom is -0.455 e. The molecule has 2 aliphatic heterocycles. The van der Waals surface area contributed by atoms with Crippen LogP contribution in [-0.4, -0.2) is 128 Å². The van der Waals surface area contributed by atoms with Gasteiger partial charge in [-0.25, -0.2) is 0 Å². The van der Waals surface area contributed by atoms with E-state index in [-0.39, 0.29) is 12.3 Å². The lowest BCUT2D eigenvalue weighted by atomic mass is 9.85. The van der Waals surface area contributed by atoms with E-state index in [1.54, 1.807) is 6.92 Å². The fourth-order valence-corrected chi connectivity index (χ4v) is 10.6. The van der Waals surface area contributed by atoms with Gasteiger partial charge in [-0.1, -0.05) is 233 Å². The molecule has 0 bridgehead atoms. The van der Waals surface area contributed by atoms with Crippen LogP contribution in [0.2, 0.25) is 0 Å². The Labute approximate surface area is 437 Å². The molecule has 14 heteroatoms. The lowest BCUT2D eigenvalue weighted by Crippen LogP contribution is -2.65. The minimum atomic E-state index is -1.85. The number of hydrogen-bond acceptors (Lipinski definition) is 14. The first-order valence-electron chi connectivity index (χ1n) is 29.8. The van der Waals surface area contributed by atoms with Crippen molar-refractivity contribution >= 4 is 11.9 Å². The van der Waals surface area contributed by atoms with E-state index in [1.807, 2.05) is 6.92 Å². The summed E-state index contributed by atoms with van der Waals surface area (Å²) in [4.78, 5) is 27.3. The molecule has 2 rings (SSSR count). The number of ether oxygens (including phenoxy) is 5. The Hall–Kier alpha value is -1.46. The van der Waals surface area contributed by atoms with Crippen molar-refractivity contribution < 1.29 is 69.0 Å². The molecule has 7 N–H and O–H groups in total. The molecular formula is C58H110O14. The predicted molar refractivity (Wildman–Crippen MR) is 283 cm³/mol. The van der Waals surface area contributed by atoms with Crippen molar-refractivity contribution in [2.45, 2.75) is 327 Å². The molecule has 2 aliphatic rings. The van der Waals surface area contributed by atoms with Crippen molar-refractivity contribution in [2.75, 3.05) is 13.2 Å². The van der Waals surface area contributed by atoms with E-state index in [1.165, 1.54) is 167 Å². The van der Waals surface area contributed by atoms with Gasteiger partial charge in [0.2, 0.25) is 6.29 Å². The topological polar surface area (TPSA) is 222 Å². The summed E-state index contributed by atoms with van der Waals surface area (Å²) in [6.07, 6.45) is 24.0. The Morgan fingerprint density at radius 2 is 0.861 bits per heavy atom. The Balaban J connectivity index is 1.90. The van der Waals surface area contributed by atoms with E-state index < -0.39 is 98.6 Å². The number of unbranched alkanes of at least 4 members (excludes halogenated alkanes) is 30. The second-order valence-corrected chi connectivity index (χ2v) is 22.1. The molecule has 0 radical (unpaired) electrons. The third kappa shape index (κ3) is 27.5. The number of aliphatic hydroxyl groups excluding tert-OH is 7. The third-order valence-corrected chi connectivity index (χ3v) is 15.5. The first-order valence-corrected chi connectivity index (χ1v) is 29.8. The van der Waals surface area contributed by atoms with Crippen molar-refractivity contribution in [1.82, 2.24) is 0 Å². The fourth-order valence-electron chi connectivity index (χ4n) is 10.6. The quantitative estimate of drug-likeness (QED) is 0.0223. The second-order valence-electron chi connectivity index (χ2n) is 22.1. The average molecular weight is 1030 g/mol. The zero-order valence-corrected chi connectivity index (χ0v) is 46.2. The van der Waals surface area contributed by atoms with Crippen molar-refractivity contribution in [3.8, 4) is 0 Å². The monoisotopic (exact) mass is 1030 g/mol. The van der Waals surface area contributed by atoms with Gasteiger partial charge in [-0.05, 0) is 31.6 Å². The zero-order chi connectivity index (χ0) is 52.9. The van der Waals surface area contributed by atoms with Gasteiger partial charge in [0.15, 0.2) is 18.5 Å². The van der Waals surface area contributed by atoms with Crippen LogP contribution in [0.25, 0.3) is 0 Å². The summed E-state index contributed by atoms with van der Waals surface area (Å²) >= 11 is 0. The molecule has 0 aliphatic carbocycles. The highest BCUT2D eigenvalue weighted by molar-refractivity contribution is 5.73. The van der Waals surface area contributed by atoms with Gasteiger partial charge < -0.3 is 59.4 Å². The molecule has 2 fully saturated rings. The molecule has 0 aromatic carbocycles. The van der Waals surface area contributed by atoms with Crippen LogP contribution in [0.5, 0.6) is 0 Å². The van der Waals surface area contributed by atoms with Gasteiger partial charge in [0, 0.05) is 6.42 Å². The Bertz CT molecular complexity index is 1310. The average Bonchev–Trinajstić information content (AvgIpc) is 3.37. The summed E-state index contributed by atoms with van der Waals surface area (Å²) in [6, 6.07) is 0. The minimum absolute atomic E-state index is 0.00611. The van der Waals surface area contributed by atoms with Crippen molar-refractivity contribution in [1.29, 1.82) is 0 Å². The van der Waals surface area contributed by atoms with Crippen molar-refractivity contribution in [3.63, 3.8) is 0 Å². The summed E-state index contributed by atoms with van der Waals surface area (Å²) in [5, 5.41) is 74.6. The van der Waals surface area contributed by atoms with E-state index in [0.717, 1.165) is 38.5 Å². The third-order valence-electron chi connectivity index (χ3n) is 15.5. The van der Waals surface area contributed by atoms with Crippen LogP contribution in [0.15, 0.2) is 0 Å². The maximum atomic E-state index is 13.9. The van der Waals surface area contributed by atoms with Crippen LogP contribution < -0.4 is 0 Å². The fraction of sp³-hybridized carbons (Fsp3) is 0.966. The van der Waals surface area contributed by atoms with Gasteiger partial charge >= 0.3 is 11.9 Å². The second kappa shape index (κ2) is 41.7. The summed E-state index contributed by atoms with van der Waals surface area (Å²) in [7, 11) is 0. The van der Waals surface area contributed by atoms with Crippen molar-refractivity contribution in [2.24, 2.45) is 17.8 Å². The van der Waals surface area contributed by atoms with E-state index in [0.29, 0.717) is 18.8 Å². The summed E-state index contributed by atoms with van der Waals surface area (Å²) in [6.45, 7) is 8.62. The molecule has 2 saturated heterocycles. The molecule has 14 nitrogen and oxygen atoms in total. The highest BCUT2D eigenvalue weighted by Crippen LogP contribution is 2.33. The SMILES string of the molecule is CCCCCCCCCCCCCCCCCCC(=O)O[C@@H]1C(OC(=O)[C@@H](C)[C@@H](O)[C@@H](C)C[C@@H](C)CCCCCCCCCCCCCCCCCC)[C@H](O)C(CO)O[C@@H]1O[C@H]1OC(CO)[C@@H](O)C(O)[C@@H]1O. The Kier molecular flexibility index (Phi) is 38.6. The van der Waals surface area contributed by atoms with Gasteiger partial charge in [-0.3, -0.25) is 9.59 Å². The van der Waals surface area contributed by atoms with Gasteiger partial charge in [-0.15, -0.1) is 0 Å². The van der Waals surface area contributed by atoms with Gasteiger partial charge in [0.25, 0.3) is 0 Å². The van der Waals surface area contributed by atoms with Crippen LogP contribution in [0.4, 0.5) is 0 Å². The van der Waals surface area contributed by atoms with Crippen molar-refractivity contribution in [3.05, 3.63) is 0 Å². The lowest BCUT2D eigenvalue weighted by molar-refractivity contribution is -0.377. The van der Waals surface area contributed by atoms with E-state index in [4.69, 9.17) is 23.7 Å². The summed E-state index contributed by atoms with van der Waals surface area (Å²) in [5.41, 5.74) is 0. The van der Waals surface area contributed by atoms with Crippen LogP contribution >= 0.6 is 0 Å².